The van der Waals surface area contributed by atoms with Crippen LogP contribution in [-0.4, -0.2) is 10.2 Å². The van der Waals surface area contributed by atoms with Crippen molar-refractivity contribution in [1.82, 2.24) is 0 Å². The van der Waals surface area contributed by atoms with E-state index in [2.05, 4.69) is 13.8 Å². The minimum atomic E-state index is -5.39. The molecule has 0 fully saturated rings. The summed E-state index contributed by atoms with van der Waals surface area (Å²) < 4.78 is 8.55. The van der Waals surface area contributed by atoms with E-state index < -0.39 is 7.82 Å². The van der Waals surface area contributed by atoms with Crippen molar-refractivity contribution in [2.45, 2.75) is 19.3 Å². The van der Waals surface area contributed by atoms with Gasteiger partial charge >= 0.3 is 0 Å². The Morgan fingerprint density at radius 3 is 1.23 bits per heavy atom. The molecule has 0 aliphatic rings. The van der Waals surface area contributed by atoms with Gasteiger partial charge in [0.1, 0.15) is 11.5 Å². The van der Waals surface area contributed by atoms with Gasteiger partial charge in [-0.25, -0.2) is 0 Å². The van der Waals surface area contributed by atoms with E-state index in [1.165, 1.54) is 0 Å². The first-order valence-electron chi connectivity index (χ1n) is 6.32. The fourth-order valence-corrected chi connectivity index (χ4v) is 1.92. The molecule has 6 nitrogen and oxygen atoms in total. The zero-order valence-corrected chi connectivity index (χ0v) is 13.0. The lowest BCUT2D eigenvalue weighted by Crippen LogP contribution is -2.24. The van der Waals surface area contributed by atoms with E-state index in [0.717, 1.165) is 11.1 Å². The van der Waals surface area contributed by atoms with Crippen molar-refractivity contribution in [3.63, 3.8) is 0 Å². The summed E-state index contributed by atoms with van der Waals surface area (Å²) in [7, 11) is -5.39. The Labute approximate surface area is 128 Å². The van der Waals surface area contributed by atoms with Crippen molar-refractivity contribution in [1.29, 1.82) is 0 Å². The highest BCUT2D eigenvalue weighted by Crippen LogP contribution is 2.32. The molecule has 0 unspecified atom stereocenters. The molecular weight excluding hydrogens is 307 g/mol. The topological polar surface area (TPSA) is 127 Å². The van der Waals surface area contributed by atoms with Crippen LogP contribution in [0.5, 0.6) is 11.5 Å². The van der Waals surface area contributed by atoms with Gasteiger partial charge in [-0.1, -0.05) is 38.1 Å². The smallest absolute Gasteiger partial charge is 0.115 e. The molecule has 0 heterocycles. The van der Waals surface area contributed by atoms with Crippen molar-refractivity contribution in [2.24, 2.45) is 0 Å². The maximum atomic E-state index is 9.30. The van der Waals surface area contributed by atoms with Gasteiger partial charge in [-0.15, -0.1) is 0 Å². The van der Waals surface area contributed by atoms with Gasteiger partial charge in [0.15, 0.2) is 0 Å². The molecular formula is C15H16O6P-3. The molecule has 0 amide bonds. The molecule has 7 heteroatoms. The SMILES string of the molecule is CC(C)(c1ccc(O)cc1)c1ccc(O)cc1.O=P([O-])([O-])[O-]. The van der Waals surface area contributed by atoms with Crippen molar-refractivity contribution >= 4 is 7.82 Å². The number of hydrogen-bond donors (Lipinski definition) is 2. The third-order valence-electron chi connectivity index (χ3n) is 3.18. The van der Waals surface area contributed by atoms with Gasteiger partial charge in [-0.2, -0.15) is 7.82 Å². The van der Waals surface area contributed by atoms with E-state index in [9.17, 15) is 10.2 Å². The molecule has 22 heavy (non-hydrogen) atoms. The molecule has 0 aromatic heterocycles. The lowest BCUT2D eigenvalue weighted by Gasteiger charge is -2.36. The highest BCUT2D eigenvalue weighted by Gasteiger charge is 2.22. The monoisotopic (exact) mass is 323 g/mol. The largest absolute Gasteiger partial charge is 0.822 e. The van der Waals surface area contributed by atoms with Gasteiger partial charge in [-0.05, 0) is 35.4 Å². The van der Waals surface area contributed by atoms with Crippen LogP contribution in [0.4, 0.5) is 0 Å². The Balaban J connectivity index is 0.000000422. The van der Waals surface area contributed by atoms with Crippen LogP contribution in [0.1, 0.15) is 25.0 Å². The Morgan fingerprint density at radius 2 is 1.00 bits per heavy atom. The predicted octanol–water partition coefficient (Wildman–Crippen LogP) is 0.599. The van der Waals surface area contributed by atoms with E-state index in [-0.39, 0.29) is 16.9 Å². The van der Waals surface area contributed by atoms with Gasteiger partial charge < -0.3 is 29.5 Å². The van der Waals surface area contributed by atoms with Crippen LogP contribution in [0.2, 0.25) is 0 Å². The molecule has 0 atom stereocenters. The molecule has 2 N–H and O–H groups in total. The maximum Gasteiger partial charge on any atom is 0.115 e. The van der Waals surface area contributed by atoms with Gasteiger partial charge in [0, 0.05) is 5.41 Å². The number of benzene rings is 2. The second-order valence-electron chi connectivity index (χ2n) is 5.17. The van der Waals surface area contributed by atoms with Crippen LogP contribution in [0.15, 0.2) is 48.5 Å². The summed E-state index contributed by atoms with van der Waals surface area (Å²) in [5, 5.41) is 18.6. The molecule has 2 aromatic rings. The minimum Gasteiger partial charge on any atom is -0.822 e. The Hall–Kier alpha value is -1.85. The molecule has 0 aliphatic heterocycles. The summed E-state index contributed by atoms with van der Waals surface area (Å²) in [5.74, 6) is 0.547. The van der Waals surface area contributed by atoms with Gasteiger partial charge in [-0.3, -0.25) is 0 Å². The Kier molecular flexibility index (Phi) is 5.74. The van der Waals surface area contributed by atoms with Crippen molar-refractivity contribution in [3.8, 4) is 11.5 Å². The standard InChI is InChI=1S/C15H16O2.H3O4P/c1-15(2,11-3-7-13(16)8-4-11)12-5-9-14(17)10-6-12;1-5(2,3)4/h3-10,16-17H,1-2H3;(H3,1,2,3,4)/p-3. The first kappa shape index (κ1) is 18.2. The quantitative estimate of drug-likeness (QED) is 0.779. The first-order valence-corrected chi connectivity index (χ1v) is 7.78. The predicted molar refractivity (Wildman–Crippen MR) is 75.9 cm³/mol. The lowest BCUT2D eigenvalue weighted by atomic mass is 9.78. The fourth-order valence-electron chi connectivity index (χ4n) is 1.92. The summed E-state index contributed by atoms with van der Waals surface area (Å²) in [6.07, 6.45) is 0. The van der Waals surface area contributed by atoms with E-state index in [1.807, 2.05) is 24.3 Å². The molecule has 0 bridgehead atoms. The van der Waals surface area contributed by atoms with Crippen LogP contribution >= 0.6 is 7.82 Å². The van der Waals surface area contributed by atoms with E-state index >= 15 is 0 Å². The number of aromatic hydroxyl groups is 2. The maximum absolute atomic E-state index is 9.30. The third-order valence-corrected chi connectivity index (χ3v) is 3.18. The number of phenolic OH excluding ortho intramolecular Hbond substituents is 2. The number of hydrogen-bond acceptors (Lipinski definition) is 6. The van der Waals surface area contributed by atoms with Crippen LogP contribution in [0, 0.1) is 0 Å². The molecule has 0 saturated heterocycles. The van der Waals surface area contributed by atoms with Crippen LogP contribution in [0.25, 0.3) is 0 Å². The van der Waals surface area contributed by atoms with Gasteiger partial charge in [0.05, 0.1) is 0 Å². The zero-order valence-electron chi connectivity index (χ0n) is 12.1. The summed E-state index contributed by atoms with van der Waals surface area (Å²) >= 11 is 0. The normalized spacial score (nSPS) is 11.5. The molecule has 2 rings (SSSR count). The number of rotatable bonds is 2. The van der Waals surface area contributed by atoms with Crippen LogP contribution in [-0.2, 0) is 9.98 Å². The summed E-state index contributed by atoms with van der Waals surface area (Å²) in [6.45, 7) is 4.23. The van der Waals surface area contributed by atoms with Crippen molar-refractivity contribution < 1.29 is 29.5 Å². The molecule has 0 aliphatic carbocycles. The van der Waals surface area contributed by atoms with Crippen LogP contribution < -0.4 is 14.7 Å². The number of phenols is 2. The first-order chi connectivity index (χ1) is 10.00. The highest BCUT2D eigenvalue weighted by molar-refractivity contribution is 7.40. The van der Waals surface area contributed by atoms with E-state index in [4.69, 9.17) is 19.2 Å². The Morgan fingerprint density at radius 1 is 0.773 bits per heavy atom. The summed E-state index contributed by atoms with van der Waals surface area (Å²) in [4.78, 5) is 25.6. The van der Waals surface area contributed by atoms with Crippen LogP contribution in [0.3, 0.4) is 0 Å². The number of phosphoric acid groups is 1. The summed E-state index contributed by atoms with van der Waals surface area (Å²) in [5.41, 5.74) is 2.10. The lowest BCUT2D eigenvalue weighted by molar-refractivity contribution is -0.432. The molecule has 0 radical (unpaired) electrons. The van der Waals surface area contributed by atoms with Crippen molar-refractivity contribution in [3.05, 3.63) is 59.7 Å². The summed E-state index contributed by atoms with van der Waals surface area (Å²) in [6, 6.07) is 14.4. The van der Waals surface area contributed by atoms with Crippen molar-refractivity contribution in [2.75, 3.05) is 0 Å². The average Bonchev–Trinajstić information content (AvgIpc) is 2.38. The minimum absolute atomic E-state index is 0.151. The second-order valence-corrected chi connectivity index (χ2v) is 6.06. The second kappa shape index (κ2) is 6.94. The van der Waals surface area contributed by atoms with Gasteiger partial charge in [0.2, 0.25) is 0 Å². The molecule has 0 saturated carbocycles. The average molecular weight is 323 g/mol. The highest BCUT2D eigenvalue weighted by atomic mass is 31.2. The Bertz CT molecular complexity index is 587. The zero-order chi connectivity index (χ0) is 17.0. The molecule has 2 aromatic carbocycles. The molecule has 0 spiro atoms. The van der Waals surface area contributed by atoms with Gasteiger partial charge in [0.25, 0.3) is 0 Å². The fraction of sp³-hybridized carbons (Fsp3) is 0.200. The van der Waals surface area contributed by atoms with E-state index in [1.54, 1.807) is 24.3 Å². The molecule has 120 valence electrons. The van der Waals surface area contributed by atoms with E-state index in [0.29, 0.717) is 0 Å². The third kappa shape index (κ3) is 5.87.